The molecule has 4 nitrogen and oxygen atoms in total. The number of rotatable bonds is 2. The van der Waals surface area contributed by atoms with Crippen LogP contribution >= 0.6 is 0 Å². The quantitative estimate of drug-likeness (QED) is 0.893. The van der Waals surface area contributed by atoms with Gasteiger partial charge in [0.25, 0.3) is 0 Å². The van der Waals surface area contributed by atoms with Crippen molar-refractivity contribution >= 4 is 5.97 Å². The first-order chi connectivity index (χ1) is 9.15. The van der Waals surface area contributed by atoms with E-state index in [1.165, 1.54) is 6.07 Å². The fourth-order valence-corrected chi connectivity index (χ4v) is 2.70. The van der Waals surface area contributed by atoms with E-state index in [1.807, 2.05) is 0 Å². The first-order valence-corrected chi connectivity index (χ1v) is 6.47. The Balaban J connectivity index is 2.08. The van der Waals surface area contributed by atoms with Crippen LogP contribution in [0.25, 0.3) is 0 Å². The van der Waals surface area contributed by atoms with Gasteiger partial charge in [-0.3, -0.25) is 4.79 Å². The average molecular weight is 266 g/mol. The van der Waals surface area contributed by atoms with E-state index in [1.54, 1.807) is 6.07 Å². The van der Waals surface area contributed by atoms with E-state index < -0.39 is 17.2 Å². The zero-order valence-corrected chi connectivity index (χ0v) is 10.4. The van der Waals surface area contributed by atoms with Crippen molar-refractivity contribution in [3.8, 4) is 11.5 Å². The topological polar surface area (TPSA) is 55.8 Å². The van der Waals surface area contributed by atoms with Gasteiger partial charge in [-0.2, -0.15) is 0 Å². The molecule has 1 aromatic carbocycles. The largest absolute Gasteiger partial charge is 0.489 e. The van der Waals surface area contributed by atoms with Crippen LogP contribution < -0.4 is 9.47 Å². The van der Waals surface area contributed by atoms with Crippen LogP contribution in [-0.4, -0.2) is 24.3 Å². The van der Waals surface area contributed by atoms with E-state index in [4.69, 9.17) is 9.47 Å². The van der Waals surface area contributed by atoms with Crippen molar-refractivity contribution in [3.05, 3.63) is 23.5 Å². The molecule has 5 heteroatoms. The zero-order chi connectivity index (χ0) is 13.5. The maximum atomic E-state index is 14.5. The lowest BCUT2D eigenvalue weighted by Crippen LogP contribution is -2.43. The molecule has 1 heterocycles. The molecule has 1 saturated carbocycles. The predicted octanol–water partition coefficient (Wildman–Crippen LogP) is 2.49. The first kappa shape index (κ1) is 12.3. The Kier molecular flexibility index (Phi) is 2.84. The Morgan fingerprint density at radius 3 is 2.58 bits per heavy atom. The number of benzene rings is 1. The highest BCUT2D eigenvalue weighted by atomic mass is 19.1. The second-order valence-corrected chi connectivity index (χ2v) is 5.05. The van der Waals surface area contributed by atoms with Gasteiger partial charge in [0.2, 0.25) is 0 Å². The Labute approximate surface area is 110 Å². The lowest BCUT2D eigenvalue weighted by molar-refractivity contribution is -0.147. The molecule has 0 unspecified atom stereocenters. The van der Waals surface area contributed by atoms with Crippen molar-refractivity contribution in [2.24, 2.45) is 0 Å². The molecule has 0 bridgehead atoms. The highest BCUT2D eigenvalue weighted by Gasteiger charge is 2.48. The minimum atomic E-state index is -1.09. The maximum absolute atomic E-state index is 14.5. The number of hydrogen-bond acceptors (Lipinski definition) is 3. The molecule has 1 aliphatic carbocycles. The summed E-state index contributed by atoms with van der Waals surface area (Å²) in [6.45, 7) is 0.864. The van der Waals surface area contributed by atoms with E-state index in [2.05, 4.69) is 0 Å². The van der Waals surface area contributed by atoms with Crippen LogP contribution in [0.2, 0.25) is 0 Å². The van der Waals surface area contributed by atoms with Gasteiger partial charge < -0.3 is 14.6 Å². The number of carbonyl (C=O) groups is 1. The Bertz CT molecular complexity index is 522. The molecule has 0 aromatic heterocycles. The van der Waals surface area contributed by atoms with Crippen LogP contribution in [-0.2, 0) is 10.2 Å². The minimum absolute atomic E-state index is 0.0579. The summed E-state index contributed by atoms with van der Waals surface area (Å²) in [5.41, 5.74) is -0.870. The van der Waals surface area contributed by atoms with Crippen molar-refractivity contribution in [1.29, 1.82) is 0 Å². The standard InChI is InChI=1S/C14H15FO4/c15-11-9(14(13(16)17)5-1-6-14)3-4-10-12(11)19-8-2-7-18-10/h3-4H,1-2,5-8H2,(H,16,17). The monoisotopic (exact) mass is 266 g/mol. The second kappa shape index (κ2) is 4.40. The molecular weight excluding hydrogens is 251 g/mol. The SMILES string of the molecule is O=C(O)C1(c2ccc3c(c2F)OCCCO3)CCC1. The van der Waals surface area contributed by atoms with Gasteiger partial charge in [-0.05, 0) is 18.9 Å². The molecule has 3 rings (SSSR count). The van der Waals surface area contributed by atoms with Gasteiger partial charge >= 0.3 is 5.97 Å². The van der Waals surface area contributed by atoms with Crippen molar-refractivity contribution in [3.63, 3.8) is 0 Å². The van der Waals surface area contributed by atoms with Gasteiger partial charge in [-0.1, -0.05) is 12.5 Å². The molecule has 0 spiro atoms. The maximum Gasteiger partial charge on any atom is 0.314 e. The van der Waals surface area contributed by atoms with Gasteiger partial charge in [-0.25, -0.2) is 4.39 Å². The van der Waals surface area contributed by atoms with Gasteiger partial charge in [0.05, 0.1) is 18.6 Å². The number of carboxylic acids is 1. The molecule has 0 saturated heterocycles. The Morgan fingerprint density at radius 1 is 1.21 bits per heavy atom. The minimum Gasteiger partial charge on any atom is -0.489 e. The smallest absolute Gasteiger partial charge is 0.314 e. The van der Waals surface area contributed by atoms with Crippen molar-refractivity contribution in [1.82, 2.24) is 0 Å². The van der Waals surface area contributed by atoms with Crippen molar-refractivity contribution < 1.29 is 23.8 Å². The molecule has 0 radical (unpaired) electrons. The average Bonchev–Trinajstić information content (AvgIpc) is 2.55. The predicted molar refractivity (Wildman–Crippen MR) is 65.2 cm³/mol. The normalized spacial score (nSPS) is 20.3. The van der Waals surface area contributed by atoms with Crippen LogP contribution in [0.15, 0.2) is 12.1 Å². The summed E-state index contributed by atoms with van der Waals surface area (Å²) in [6, 6.07) is 3.14. The van der Waals surface area contributed by atoms with E-state index in [0.29, 0.717) is 38.2 Å². The fourth-order valence-electron chi connectivity index (χ4n) is 2.70. The molecule has 102 valence electrons. The van der Waals surface area contributed by atoms with Crippen molar-refractivity contribution in [2.45, 2.75) is 31.1 Å². The van der Waals surface area contributed by atoms with E-state index >= 15 is 0 Å². The Morgan fingerprint density at radius 2 is 1.95 bits per heavy atom. The third kappa shape index (κ3) is 1.76. The third-order valence-electron chi connectivity index (χ3n) is 3.99. The summed E-state index contributed by atoms with van der Waals surface area (Å²) < 4.78 is 25.3. The molecule has 1 N–H and O–H groups in total. The zero-order valence-electron chi connectivity index (χ0n) is 10.4. The van der Waals surface area contributed by atoms with Crippen LogP contribution in [0.3, 0.4) is 0 Å². The number of carboxylic acid groups (broad SMARTS) is 1. The Hall–Kier alpha value is -1.78. The number of hydrogen-bond donors (Lipinski definition) is 1. The number of aliphatic carboxylic acids is 1. The summed E-state index contributed by atoms with van der Waals surface area (Å²) >= 11 is 0. The first-order valence-electron chi connectivity index (χ1n) is 6.47. The summed E-state index contributed by atoms with van der Waals surface area (Å²) in [5, 5.41) is 9.38. The summed E-state index contributed by atoms with van der Waals surface area (Å²) in [4.78, 5) is 11.5. The number of halogens is 1. The molecule has 0 amide bonds. The molecule has 2 aliphatic rings. The van der Waals surface area contributed by atoms with E-state index in [0.717, 1.165) is 6.42 Å². The summed E-state index contributed by atoms with van der Waals surface area (Å²) in [6.07, 6.45) is 2.44. The lowest BCUT2D eigenvalue weighted by Gasteiger charge is -2.38. The molecular formula is C14H15FO4. The van der Waals surface area contributed by atoms with E-state index in [-0.39, 0.29) is 11.3 Å². The van der Waals surface area contributed by atoms with E-state index in [9.17, 15) is 14.3 Å². The molecule has 1 aromatic rings. The molecule has 19 heavy (non-hydrogen) atoms. The highest BCUT2D eigenvalue weighted by Crippen LogP contribution is 2.48. The molecule has 1 aliphatic heterocycles. The molecule has 0 atom stereocenters. The van der Waals surface area contributed by atoms with Crippen LogP contribution in [0.1, 0.15) is 31.2 Å². The third-order valence-corrected chi connectivity index (χ3v) is 3.99. The lowest BCUT2D eigenvalue weighted by atomic mass is 9.64. The summed E-state index contributed by atoms with van der Waals surface area (Å²) in [5.74, 6) is -1.13. The van der Waals surface area contributed by atoms with Crippen molar-refractivity contribution in [2.75, 3.05) is 13.2 Å². The second-order valence-electron chi connectivity index (χ2n) is 5.05. The van der Waals surface area contributed by atoms with Gasteiger partial charge in [-0.15, -0.1) is 0 Å². The van der Waals surface area contributed by atoms with Gasteiger partial charge in [0, 0.05) is 12.0 Å². The van der Waals surface area contributed by atoms with Crippen LogP contribution in [0.4, 0.5) is 4.39 Å². The number of fused-ring (bicyclic) bond motifs is 1. The van der Waals surface area contributed by atoms with Gasteiger partial charge in [0.15, 0.2) is 17.3 Å². The van der Waals surface area contributed by atoms with Gasteiger partial charge in [0.1, 0.15) is 0 Å². The molecule has 1 fully saturated rings. The number of ether oxygens (including phenoxy) is 2. The van der Waals surface area contributed by atoms with Crippen LogP contribution in [0, 0.1) is 5.82 Å². The highest BCUT2D eigenvalue weighted by molar-refractivity contribution is 5.83. The summed E-state index contributed by atoms with van der Waals surface area (Å²) in [7, 11) is 0. The van der Waals surface area contributed by atoms with Crippen LogP contribution in [0.5, 0.6) is 11.5 Å². The fraction of sp³-hybridized carbons (Fsp3) is 0.500.